The van der Waals surface area contributed by atoms with Crippen molar-refractivity contribution in [2.75, 3.05) is 298 Å². The molecule has 0 fully saturated rings. The predicted molar refractivity (Wildman–Crippen MR) is 517 cm³/mol. The van der Waals surface area contributed by atoms with Crippen molar-refractivity contribution in [2.45, 2.75) is 136 Å². The molecular weight excluding hydrogens is 1730 g/mol. The van der Waals surface area contributed by atoms with E-state index in [2.05, 4.69) is 48.5 Å². The van der Waals surface area contributed by atoms with Gasteiger partial charge in [-0.05, 0) is 108 Å². The van der Waals surface area contributed by atoms with Gasteiger partial charge in [0, 0.05) is 128 Å². The van der Waals surface area contributed by atoms with E-state index >= 15 is 0 Å². The normalized spacial score (nSPS) is 11.5. The molecule has 0 aliphatic rings. The minimum absolute atomic E-state index is 0.112. The van der Waals surface area contributed by atoms with Crippen molar-refractivity contribution in [1.82, 2.24) is 0 Å². The molecule has 0 amide bonds. The molecule has 23 N–H and O–H groups in total. The van der Waals surface area contributed by atoms with Crippen LogP contribution in [0.4, 0.5) is 0 Å². The highest BCUT2D eigenvalue weighted by Gasteiger charge is 2.05. The number of thioether (sulfide) groups is 16. The zero-order chi connectivity index (χ0) is 86.5. The second-order valence-corrected chi connectivity index (χ2v) is 41.0. The Balaban J connectivity index is -0.0000000849. The van der Waals surface area contributed by atoms with Crippen LogP contribution in [-0.2, 0) is 0 Å². The van der Waals surface area contributed by atoms with Crippen molar-refractivity contribution in [2.24, 2.45) is 5.92 Å². The first kappa shape index (κ1) is 143. The second-order valence-electron chi connectivity index (χ2n) is 21.6. The van der Waals surface area contributed by atoms with Gasteiger partial charge in [-0.1, -0.05) is 68.2 Å². The molecule has 0 saturated heterocycles. The minimum Gasteiger partial charge on any atom is -0.396 e. The molecule has 5 atom stereocenters. The van der Waals surface area contributed by atoms with Crippen molar-refractivity contribution in [3.05, 3.63) is 0 Å². The topological polar surface area (TPSA) is 465 Å². The highest BCUT2D eigenvalue weighted by atomic mass is 32.2. The van der Waals surface area contributed by atoms with Crippen LogP contribution in [0.1, 0.15) is 100 Å². The summed E-state index contributed by atoms with van der Waals surface area (Å²) in [6, 6.07) is 0. The molecule has 0 saturated carbocycles. The van der Waals surface area contributed by atoms with Gasteiger partial charge in [-0.15, -0.1) is 0 Å². The summed E-state index contributed by atoms with van der Waals surface area (Å²) >= 11 is 27.2. The highest BCUT2D eigenvalue weighted by molar-refractivity contribution is 8.04. The quantitative estimate of drug-likeness (QED) is 0.0295. The number of aliphatic hydroxyl groups is 23. The summed E-state index contributed by atoms with van der Waals surface area (Å²) in [6.07, 6.45) is 8.86. The summed E-state index contributed by atoms with van der Waals surface area (Å²) in [6.45, 7) is 20.0. The summed E-state index contributed by atoms with van der Waals surface area (Å²) in [7, 11) is 0. The molecule has 0 aromatic carbocycles. The predicted octanol–water partition coefficient (Wildman–Crippen LogP) is 6.35. The Hall–Kier alpha value is 4.68. The van der Waals surface area contributed by atoms with Crippen molar-refractivity contribution < 1.29 is 117 Å². The average Bonchev–Trinajstić information content (AvgIpc) is 1.27. The molecule has 5 unspecified atom stereocenters. The largest absolute Gasteiger partial charge is 0.396 e. The summed E-state index contributed by atoms with van der Waals surface area (Å²) in [4.78, 5) is 0. The van der Waals surface area contributed by atoms with Gasteiger partial charge in [0.05, 0.1) is 136 Å². The lowest BCUT2D eigenvalue weighted by Gasteiger charge is -2.07. The zero-order valence-corrected chi connectivity index (χ0v) is 82.1. The van der Waals surface area contributed by atoms with Gasteiger partial charge in [-0.3, -0.25) is 0 Å². The Morgan fingerprint density at radius 3 is 0.682 bits per heavy atom. The van der Waals surface area contributed by atoms with E-state index in [-0.39, 0.29) is 85.9 Å². The van der Waals surface area contributed by atoms with Crippen molar-refractivity contribution in [3.63, 3.8) is 0 Å². The molecule has 0 heterocycles. The minimum atomic E-state index is -0.631. The van der Waals surface area contributed by atoms with E-state index in [1.807, 2.05) is 43.0 Å². The Kier molecular flexibility index (Phi) is 205. The Bertz CT molecular complexity index is 1270. The molecule has 0 aromatic heterocycles. The molecule has 0 spiro atoms. The van der Waals surface area contributed by atoms with Crippen LogP contribution in [0.25, 0.3) is 0 Å². The van der Waals surface area contributed by atoms with Crippen LogP contribution >= 0.6 is 188 Å². The second kappa shape index (κ2) is 158. The first-order valence-corrected chi connectivity index (χ1v) is 56.4. The van der Waals surface area contributed by atoms with Crippen molar-refractivity contribution in [3.8, 4) is 0 Å². The standard InChI is InChI=1S/C8H18O4S2.C7H16O2S2.C7H16O2S.C6H14O2S2.C6H14O2S.2C6H14OS.C5H12O2S.C5H12OS.2C4H10O2S.C4H10OS.C3H8OS/c9-3-7(11)5-13-1-2-14-6-8(12)4-10;8-2-6-10-4-1-5-11-7-3-9;1-2-3-4-10-6-7(9)5-8;7-1-3-9-5-6-10-4-2-8;7-3-1-5-9-6-2-4-8;1-6(2)5-8-4-3-7;1-2-3-5-8-6-4-7;1-2-8-4-5(7)3-6;1-5(2)7-4-3-6;1-7-3-4(6)2-5;5-1-3-7-4-2-6;1-2-6-4-3-5;1-5-3-2-4/h7-12H,1-6H2;8-9H,1-7H2;7-9H,2-6H2,1H3;7-8H,1-6H2;7-8H,1-6H2;6-7H,3-5H2,1-2H3;7H,2-6H2,1H3;5-7H,2-4H2,1H3;5-6H,3-4H2,1-2H3;4-6H,2-3H2,1H3;5-6H,1-4H2;5H,2-4H2,1H3;4H,2-3H2,1H3. The molecule has 0 aromatic rings. The highest BCUT2D eigenvalue weighted by Crippen LogP contribution is 2.12. The zero-order valence-electron chi connectivity index (χ0n) is 69.0. The van der Waals surface area contributed by atoms with E-state index in [4.69, 9.17) is 117 Å². The molecule has 110 heavy (non-hydrogen) atoms. The van der Waals surface area contributed by atoms with Gasteiger partial charge in [-0.2, -0.15) is 188 Å². The van der Waals surface area contributed by atoms with Crippen LogP contribution in [0, 0.1) is 5.92 Å². The molecule has 0 rings (SSSR count). The molecule has 23 nitrogen and oxygen atoms in total. The lowest BCUT2D eigenvalue weighted by Crippen LogP contribution is -2.16. The monoisotopic (exact) mass is 1900 g/mol. The first-order valence-electron chi connectivity index (χ1n) is 37.5. The molecule has 39 heteroatoms. The molecule has 0 aliphatic carbocycles. The summed E-state index contributed by atoms with van der Waals surface area (Å²) < 4.78 is 0. The molecule has 0 bridgehead atoms. The van der Waals surface area contributed by atoms with Crippen molar-refractivity contribution >= 4 is 188 Å². The van der Waals surface area contributed by atoms with Gasteiger partial charge in [0.25, 0.3) is 0 Å². The molecule has 0 radical (unpaired) electrons. The van der Waals surface area contributed by atoms with Gasteiger partial charge >= 0.3 is 0 Å². The van der Waals surface area contributed by atoms with E-state index in [1.165, 1.54) is 55.4 Å². The third-order valence-corrected chi connectivity index (χ3v) is 26.8. The smallest absolute Gasteiger partial charge is 0.0861 e. The maximum Gasteiger partial charge on any atom is 0.0861 e. The van der Waals surface area contributed by atoms with Crippen LogP contribution < -0.4 is 0 Å². The Labute approximate surface area is 739 Å². The van der Waals surface area contributed by atoms with Gasteiger partial charge < -0.3 is 117 Å². The van der Waals surface area contributed by atoms with E-state index in [9.17, 15) is 0 Å². The van der Waals surface area contributed by atoms with E-state index < -0.39 is 30.5 Å². The third kappa shape index (κ3) is 216. The van der Waals surface area contributed by atoms with E-state index in [0.29, 0.717) is 67.0 Å². The third-order valence-electron chi connectivity index (χ3n) is 9.97. The summed E-state index contributed by atoms with van der Waals surface area (Å²) in [5.41, 5.74) is 0. The summed E-state index contributed by atoms with van der Waals surface area (Å²) in [5, 5.41) is 195. The fourth-order valence-corrected chi connectivity index (χ4v) is 16.3. The number of rotatable bonds is 64. The Morgan fingerprint density at radius 2 is 0.445 bits per heavy atom. The fourth-order valence-electron chi connectivity index (χ4n) is 4.83. The SMILES string of the molecule is CC(C)CSCCO.CC(C)SCCO.CCCCSCC(O)CO.CCCCSCCO.CCSCC(O)CO.CCSCCO.CSCC(O)CO.CSCCO.OCC(O)CSCCSCC(O)CO.OCCCSCCCO.OCCSCCCSCCO.OCCSCCO.OCCSCCSCCO. The Morgan fingerprint density at radius 1 is 0.209 bits per heavy atom. The lowest BCUT2D eigenvalue weighted by atomic mass is 10.3. The molecule has 0 aliphatic heterocycles. The fraction of sp³-hybridized carbons (Fsp3) is 1.00. The maximum absolute atomic E-state index is 8.99. The summed E-state index contributed by atoms with van der Waals surface area (Å²) in [5.74, 6) is 26.8. The van der Waals surface area contributed by atoms with Gasteiger partial charge in [-0.25, -0.2) is 0 Å². The van der Waals surface area contributed by atoms with Gasteiger partial charge in [0.1, 0.15) is 0 Å². The van der Waals surface area contributed by atoms with Gasteiger partial charge in [0.2, 0.25) is 0 Å². The van der Waals surface area contributed by atoms with E-state index in [0.717, 1.165) is 145 Å². The maximum atomic E-state index is 8.99. The number of hydrogen-bond donors (Lipinski definition) is 23. The van der Waals surface area contributed by atoms with Crippen LogP contribution in [0.15, 0.2) is 0 Å². The van der Waals surface area contributed by atoms with Crippen LogP contribution in [0.2, 0.25) is 0 Å². The molecular formula is C71H168O23S16. The number of aliphatic hydroxyl groups excluding tert-OH is 23. The van der Waals surface area contributed by atoms with E-state index in [1.54, 1.807) is 153 Å². The number of unbranched alkanes of at least 4 members (excludes halogenated alkanes) is 2. The van der Waals surface area contributed by atoms with Crippen LogP contribution in [0.3, 0.4) is 0 Å². The van der Waals surface area contributed by atoms with Crippen LogP contribution in [0.5, 0.6) is 0 Å². The number of hydrogen-bond acceptors (Lipinski definition) is 39. The lowest BCUT2D eigenvalue weighted by molar-refractivity contribution is 0.113. The first-order chi connectivity index (χ1) is 53.1. The van der Waals surface area contributed by atoms with Gasteiger partial charge in [0.15, 0.2) is 0 Å². The average molecular weight is 1900 g/mol. The van der Waals surface area contributed by atoms with Crippen molar-refractivity contribution in [1.29, 1.82) is 0 Å². The molecule has 686 valence electrons. The van der Waals surface area contributed by atoms with Crippen LogP contribution in [-0.4, -0.2) is 451 Å².